The molecule has 1 saturated heterocycles. The smallest absolute Gasteiger partial charge is 0.238 e. The summed E-state index contributed by atoms with van der Waals surface area (Å²) in [7, 11) is -1.71. The van der Waals surface area contributed by atoms with Crippen LogP contribution in [0.3, 0.4) is 0 Å². The van der Waals surface area contributed by atoms with Gasteiger partial charge in [0.1, 0.15) is 16.7 Å². The first-order valence-electron chi connectivity index (χ1n) is 9.00. The molecule has 0 saturated carbocycles. The fraction of sp³-hybridized carbons (Fsp3) is 0.353. The Morgan fingerprint density at radius 3 is 2.72 bits per heavy atom. The van der Waals surface area contributed by atoms with Crippen LogP contribution in [0.15, 0.2) is 34.0 Å². The average Bonchev–Trinajstić information content (AvgIpc) is 3.08. The van der Waals surface area contributed by atoms with Crippen LogP contribution < -0.4 is 15.4 Å². The Bertz CT molecular complexity index is 1140. The number of nitrogens with one attached hydrogen (secondary N) is 2. The lowest BCUT2D eigenvalue weighted by molar-refractivity contribution is 0.312. The number of aromatic amines is 1. The second-order valence-electron chi connectivity index (χ2n) is 6.94. The Labute approximate surface area is 176 Å². The van der Waals surface area contributed by atoms with Gasteiger partial charge in [-0.15, -0.1) is 0 Å². The molecule has 29 heavy (non-hydrogen) atoms. The highest BCUT2D eigenvalue weighted by Crippen LogP contribution is 2.28. The zero-order valence-electron chi connectivity index (χ0n) is 15.8. The summed E-state index contributed by atoms with van der Waals surface area (Å²) >= 11 is 3.42. The molecule has 3 aromatic rings. The van der Waals surface area contributed by atoms with Crippen LogP contribution >= 0.6 is 15.9 Å². The Balaban J connectivity index is 1.67. The van der Waals surface area contributed by atoms with Crippen LogP contribution in [0, 0.1) is 0 Å². The van der Waals surface area contributed by atoms with Crippen LogP contribution in [0.5, 0.6) is 0 Å². The van der Waals surface area contributed by atoms with Gasteiger partial charge in [0.15, 0.2) is 5.65 Å². The summed E-state index contributed by atoms with van der Waals surface area (Å²) in [6.07, 6.45) is 1.43. The number of nitrogens with zero attached hydrogens (tertiary/aromatic N) is 5. The Hall–Kier alpha value is -2.28. The molecule has 0 amide bonds. The van der Waals surface area contributed by atoms with Crippen molar-refractivity contribution in [3.8, 4) is 0 Å². The molecular formula is C17H21BrN8O2S. The average molecular weight is 481 g/mol. The second kappa shape index (κ2) is 7.86. The van der Waals surface area contributed by atoms with Gasteiger partial charge in [-0.05, 0) is 46.7 Å². The van der Waals surface area contributed by atoms with Gasteiger partial charge in [-0.2, -0.15) is 5.10 Å². The standard InChI is InChI=1S/C17H21BrN8O2S/c1-25-4-6-26(7-5-25)13-3-2-12(29(19,27)28)8-11(13)9-20-16-14-15(18)23-24-17(14)22-10-21-16/h2-3,8,10H,4-7,9H2,1H3,(H2,19,27,28)(H2,20,21,22,23,24). The van der Waals surface area contributed by atoms with E-state index in [-0.39, 0.29) is 4.90 Å². The van der Waals surface area contributed by atoms with Gasteiger partial charge in [-0.25, -0.2) is 23.5 Å². The van der Waals surface area contributed by atoms with Gasteiger partial charge in [0, 0.05) is 38.4 Å². The van der Waals surface area contributed by atoms with Gasteiger partial charge in [0.05, 0.1) is 10.3 Å². The zero-order chi connectivity index (χ0) is 20.6. The van der Waals surface area contributed by atoms with E-state index in [1.54, 1.807) is 12.1 Å². The zero-order valence-corrected chi connectivity index (χ0v) is 18.2. The first-order chi connectivity index (χ1) is 13.8. The van der Waals surface area contributed by atoms with E-state index in [0.717, 1.165) is 42.8 Å². The van der Waals surface area contributed by atoms with Crippen molar-refractivity contribution in [1.82, 2.24) is 25.1 Å². The molecule has 0 aliphatic carbocycles. The molecule has 0 radical (unpaired) electrons. The number of nitrogens with two attached hydrogens (primary N) is 1. The number of likely N-dealkylation sites (N-methyl/N-ethyl adjacent to an activating group) is 1. The lowest BCUT2D eigenvalue weighted by atomic mass is 10.1. The molecule has 3 heterocycles. The summed E-state index contributed by atoms with van der Waals surface area (Å²) in [5, 5.41) is 16.3. The van der Waals surface area contributed by atoms with E-state index in [4.69, 9.17) is 5.14 Å². The molecule has 1 aromatic carbocycles. The number of hydrogen-bond donors (Lipinski definition) is 3. The van der Waals surface area contributed by atoms with E-state index in [0.29, 0.717) is 22.6 Å². The van der Waals surface area contributed by atoms with E-state index >= 15 is 0 Å². The second-order valence-corrected chi connectivity index (χ2v) is 9.29. The summed E-state index contributed by atoms with van der Waals surface area (Å²) < 4.78 is 24.4. The number of primary sulfonamides is 1. The van der Waals surface area contributed by atoms with E-state index in [1.165, 1.54) is 6.33 Å². The van der Waals surface area contributed by atoms with E-state index < -0.39 is 10.0 Å². The normalized spacial score (nSPS) is 15.8. The van der Waals surface area contributed by atoms with Crippen molar-refractivity contribution >= 4 is 48.5 Å². The third kappa shape index (κ3) is 4.20. The molecule has 12 heteroatoms. The molecule has 0 spiro atoms. The van der Waals surface area contributed by atoms with Crippen LogP contribution in [0.25, 0.3) is 11.0 Å². The lowest BCUT2D eigenvalue weighted by Gasteiger charge is -2.35. The molecule has 0 unspecified atom stereocenters. The molecular weight excluding hydrogens is 460 g/mol. The molecule has 0 bridgehead atoms. The monoisotopic (exact) mass is 480 g/mol. The van der Waals surface area contributed by atoms with Crippen LogP contribution in [-0.4, -0.2) is 66.7 Å². The summed E-state index contributed by atoms with van der Waals surface area (Å²) in [6, 6.07) is 5.01. The minimum absolute atomic E-state index is 0.0875. The predicted octanol–water partition coefficient (Wildman–Crippen LogP) is 1.13. The molecule has 4 rings (SSSR count). The number of benzene rings is 1. The molecule has 1 aliphatic rings. The molecule has 0 atom stereocenters. The summed E-state index contributed by atoms with van der Waals surface area (Å²) in [6.45, 7) is 3.98. The van der Waals surface area contributed by atoms with E-state index in [1.807, 2.05) is 6.07 Å². The highest BCUT2D eigenvalue weighted by atomic mass is 79.9. The fourth-order valence-corrected chi connectivity index (χ4v) is 4.39. The van der Waals surface area contributed by atoms with Crippen LogP contribution in [0.2, 0.25) is 0 Å². The van der Waals surface area contributed by atoms with Crippen LogP contribution in [0.1, 0.15) is 5.56 Å². The quantitative estimate of drug-likeness (QED) is 0.494. The maximum Gasteiger partial charge on any atom is 0.238 e. The van der Waals surface area contributed by atoms with Crippen LogP contribution in [0.4, 0.5) is 11.5 Å². The first kappa shape index (κ1) is 20.0. The number of fused-ring (bicyclic) bond motifs is 1. The van der Waals surface area contributed by atoms with Crippen molar-refractivity contribution in [3.05, 3.63) is 34.7 Å². The van der Waals surface area contributed by atoms with Gasteiger partial charge < -0.3 is 15.1 Å². The topological polar surface area (TPSA) is 133 Å². The van der Waals surface area contributed by atoms with Crippen LogP contribution in [-0.2, 0) is 16.6 Å². The van der Waals surface area contributed by atoms with Crippen molar-refractivity contribution in [2.75, 3.05) is 43.4 Å². The van der Waals surface area contributed by atoms with E-state index in [9.17, 15) is 8.42 Å². The van der Waals surface area contributed by atoms with Crippen molar-refractivity contribution in [1.29, 1.82) is 0 Å². The largest absolute Gasteiger partial charge is 0.369 e. The summed E-state index contributed by atoms with van der Waals surface area (Å²) in [5.74, 6) is 0.598. The number of sulfonamides is 1. The van der Waals surface area contributed by atoms with Crippen molar-refractivity contribution < 1.29 is 8.42 Å². The highest BCUT2D eigenvalue weighted by Gasteiger charge is 2.20. The SMILES string of the molecule is CN1CCN(c2ccc(S(N)(=O)=O)cc2CNc2ncnc3n[nH]c(Br)c23)CC1. The van der Waals surface area contributed by atoms with Gasteiger partial charge in [0.25, 0.3) is 0 Å². The first-order valence-corrected chi connectivity index (χ1v) is 11.3. The Kier molecular flexibility index (Phi) is 5.42. The number of anilines is 2. The molecule has 2 aromatic heterocycles. The number of piperazine rings is 1. The summed E-state index contributed by atoms with van der Waals surface area (Å²) in [4.78, 5) is 13.0. The van der Waals surface area contributed by atoms with Gasteiger partial charge in [-0.1, -0.05) is 0 Å². The number of halogens is 1. The summed E-state index contributed by atoms with van der Waals surface area (Å²) in [5.41, 5.74) is 2.34. The highest BCUT2D eigenvalue weighted by molar-refractivity contribution is 9.10. The predicted molar refractivity (Wildman–Crippen MR) is 114 cm³/mol. The fourth-order valence-electron chi connectivity index (χ4n) is 3.37. The molecule has 154 valence electrons. The van der Waals surface area contributed by atoms with Crippen molar-refractivity contribution in [2.45, 2.75) is 11.4 Å². The number of H-pyrrole nitrogens is 1. The maximum absolute atomic E-state index is 11.9. The molecule has 4 N–H and O–H groups in total. The number of rotatable bonds is 5. The van der Waals surface area contributed by atoms with Gasteiger partial charge in [-0.3, -0.25) is 5.10 Å². The lowest BCUT2D eigenvalue weighted by Crippen LogP contribution is -2.44. The third-order valence-electron chi connectivity index (χ3n) is 4.98. The third-order valence-corrected chi connectivity index (χ3v) is 6.46. The number of aromatic nitrogens is 4. The van der Waals surface area contributed by atoms with Crippen molar-refractivity contribution in [2.24, 2.45) is 5.14 Å². The van der Waals surface area contributed by atoms with E-state index in [2.05, 4.69) is 58.3 Å². The molecule has 1 aliphatic heterocycles. The molecule has 10 nitrogen and oxygen atoms in total. The minimum atomic E-state index is -3.80. The van der Waals surface area contributed by atoms with Crippen molar-refractivity contribution in [3.63, 3.8) is 0 Å². The number of hydrogen-bond acceptors (Lipinski definition) is 8. The Morgan fingerprint density at radius 1 is 1.24 bits per heavy atom. The minimum Gasteiger partial charge on any atom is -0.369 e. The van der Waals surface area contributed by atoms with Gasteiger partial charge in [0.2, 0.25) is 10.0 Å². The Morgan fingerprint density at radius 2 is 2.00 bits per heavy atom. The maximum atomic E-state index is 11.9. The molecule has 1 fully saturated rings. The van der Waals surface area contributed by atoms with Gasteiger partial charge >= 0.3 is 0 Å².